The van der Waals surface area contributed by atoms with Gasteiger partial charge in [-0.1, -0.05) is 35.5 Å². The molecule has 7 nitrogen and oxygen atoms in total. The quantitative estimate of drug-likeness (QED) is 0.482. The number of aromatic nitrogens is 1. The molecule has 27 heavy (non-hydrogen) atoms. The predicted octanol–water partition coefficient (Wildman–Crippen LogP) is 4.21. The summed E-state index contributed by atoms with van der Waals surface area (Å²) < 4.78 is 68.9. The van der Waals surface area contributed by atoms with E-state index in [2.05, 4.69) is 5.16 Å². The molecule has 0 saturated heterocycles. The lowest BCUT2D eigenvalue weighted by Crippen LogP contribution is -2.24. The first-order chi connectivity index (χ1) is 12.6. The highest BCUT2D eigenvalue weighted by molar-refractivity contribution is 7.92. The number of nitro benzene ring substituents is 1. The smallest absolute Gasteiger partial charge is 0.354 e. The van der Waals surface area contributed by atoms with Crippen molar-refractivity contribution in [3.63, 3.8) is 0 Å². The van der Waals surface area contributed by atoms with Crippen LogP contribution in [-0.2, 0) is 9.84 Å². The fraction of sp³-hybridized carbons (Fsp3) is 0.0625. The molecule has 0 amide bonds. The second kappa shape index (κ2) is 6.50. The summed E-state index contributed by atoms with van der Waals surface area (Å²) in [5.74, 6) is -0.568. The first-order valence-corrected chi connectivity index (χ1v) is 8.72. The van der Waals surface area contributed by atoms with E-state index in [1.165, 1.54) is 24.3 Å². The van der Waals surface area contributed by atoms with E-state index in [-0.39, 0.29) is 16.8 Å². The molecule has 0 fully saturated rings. The molecule has 0 atom stereocenters. The maximum absolute atomic E-state index is 13.2. The second-order valence-electron chi connectivity index (χ2n) is 5.31. The number of benzene rings is 2. The van der Waals surface area contributed by atoms with Crippen LogP contribution in [0.1, 0.15) is 0 Å². The van der Waals surface area contributed by atoms with Gasteiger partial charge in [0, 0.05) is 23.3 Å². The SMILES string of the molecule is O=[N+]([O-])c1ccc(-c2noc(-c3ccccc3)c2S(=O)(=O)C(F)(F)F)cc1. The van der Waals surface area contributed by atoms with Crippen molar-refractivity contribution >= 4 is 15.5 Å². The topological polar surface area (TPSA) is 103 Å². The molecule has 1 aromatic heterocycles. The Labute approximate surface area is 150 Å². The van der Waals surface area contributed by atoms with Gasteiger partial charge in [0.05, 0.1) is 4.92 Å². The molecule has 11 heteroatoms. The number of halogens is 3. The monoisotopic (exact) mass is 398 g/mol. The molecule has 0 aliphatic rings. The Morgan fingerprint density at radius 3 is 2.07 bits per heavy atom. The Bertz CT molecular complexity index is 1090. The molecule has 0 spiro atoms. The zero-order valence-electron chi connectivity index (χ0n) is 13.2. The number of non-ortho nitro benzene ring substituents is 1. The van der Waals surface area contributed by atoms with E-state index in [4.69, 9.17) is 4.52 Å². The molecule has 0 radical (unpaired) electrons. The van der Waals surface area contributed by atoms with Crippen LogP contribution in [-0.4, -0.2) is 24.0 Å². The molecule has 0 unspecified atom stereocenters. The molecular weight excluding hydrogens is 389 g/mol. The van der Waals surface area contributed by atoms with Gasteiger partial charge in [-0.3, -0.25) is 10.1 Å². The first kappa shape index (κ1) is 18.6. The van der Waals surface area contributed by atoms with Gasteiger partial charge in [-0.05, 0) is 12.1 Å². The summed E-state index contributed by atoms with van der Waals surface area (Å²) >= 11 is 0. The fourth-order valence-corrected chi connectivity index (χ4v) is 3.39. The maximum atomic E-state index is 13.2. The highest BCUT2D eigenvalue weighted by Crippen LogP contribution is 2.42. The summed E-state index contributed by atoms with van der Waals surface area (Å²) in [4.78, 5) is 8.88. The third-order valence-electron chi connectivity index (χ3n) is 3.61. The largest absolute Gasteiger partial charge is 0.502 e. The summed E-state index contributed by atoms with van der Waals surface area (Å²) in [6.45, 7) is 0. The number of nitro groups is 1. The van der Waals surface area contributed by atoms with Gasteiger partial charge in [0.25, 0.3) is 15.5 Å². The summed E-state index contributed by atoms with van der Waals surface area (Å²) in [5.41, 5.74) is -6.47. The van der Waals surface area contributed by atoms with Crippen LogP contribution in [0.15, 0.2) is 64.0 Å². The third kappa shape index (κ3) is 3.28. The van der Waals surface area contributed by atoms with E-state index in [9.17, 15) is 31.7 Å². The Hall–Kier alpha value is -3.21. The van der Waals surface area contributed by atoms with Gasteiger partial charge in [0.2, 0.25) is 0 Å². The van der Waals surface area contributed by atoms with Gasteiger partial charge in [0.1, 0.15) is 5.69 Å². The summed E-state index contributed by atoms with van der Waals surface area (Å²) in [6.07, 6.45) is 0. The van der Waals surface area contributed by atoms with E-state index >= 15 is 0 Å². The summed E-state index contributed by atoms with van der Waals surface area (Å²) in [6, 6.07) is 11.6. The number of hydrogen-bond acceptors (Lipinski definition) is 6. The molecule has 0 saturated carbocycles. The lowest BCUT2D eigenvalue weighted by Gasteiger charge is -2.09. The van der Waals surface area contributed by atoms with Crippen molar-refractivity contribution in [1.82, 2.24) is 5.16 Å². The Morgan fingerprint density at radius 2 is 1.56 bits per heavy atom. The van der Waals surface area contributed by atoms with Gasteiger partial charge >= 0.3 is 5.51 Å². The number of nitrogens with zero attached hydrogens (tertiary/aromatic N) is 2. The van der Waals surface area contributed by atoms with Crippen LogP contribution in [0.25, 0.3) is 22.6 Å². The highest BCUT2D eigenvalue weighted by atomic mass is 32.2. The number of alkyl halides is 3. The molecule has 0 aliphatic heterocycles. The van der Waals surface area contributed by atoms with Crippen molar-refractivity contribution in [2.24, 2.45) is 0 Å². The minimum Gasteiger partial charge on any atom is -0.354 e. The lowest BCUT2D eigenvalue weighted by atomic mass is 10.1. The Balaban J connectivity index is 2.27. The predicted molar refractivity (Wildman–Crippen MR) is 87.3 cm³/mol. The van der Waals surface area contributed by atoms with Crippen molar-refractivity contribution in [2.75, 3.05) is 0 Å². The summed E-state index contributed by atoms with van der Waals surface area (Å²) in [5, 5.41) is 14.2. The van der Waals surface area contributed by atoms with E-state index in [1.54, 1.807) is 6.07 Å². The van der Waals surface area contributed by atoms with Gasteiger partial charge < -0.3 is 4.52 Å². The number of sulfone groups is 1. The van der Waals surface area contributed by atoms with Crippen molar-refractivity contribution in [3.05, 3.63) is 64.7 Å². The average Bonchev–Trinajstić information content (AvgIpc) is 3.07. The zero-order chi connectivity index (χ0) is 19.8. The Kier molecular flexibility index (Phi) is 4.47. The van der Waals surface area contributed by atoms with Gasteiger partial charge in [-0.25, -0.2) is 8.42 Å². The molecule has 3 rings (SSSR count). The average molecular weight is 398 g/mol. The Morgan fingerprint density at radius 1 is 0.963 bits per heavy atom. The normalized spacial score (nSPS) is 12.1. The molecule has 3 aromatic rings. The van der Waals surface area contributed by atoms with Crippen molar-refractivity contribution in [1.29, 1.82) is 0 Å². The molecule has 140 valence electrons. The molecule has 0 N–H and O–H groups in total. The molecular formula is C16H9F3N2O5S. The minimum absolute atomic E-state index is 0.0747. The second-order valence-corrected chi connectivity index (χ2v) is 7.19. The molecule has 2 aromatic carbocycles. The van der Waals surface area contributed by atoms with Gasteiger partial charge in [-0.2, -0.15) is 13.2 Å². The zero-order valence-corrected chi connectivity index (χ0v) is 14.0. The van der Waals surface area contributed by atoms with Crippen LogP contribution in [0, 0.1) is 10.1 Å². The van der Waals surface area contributed by atoms with Gasteiger partial charge in [0.15, 0.2) is 10.7 Å². The van der Waals surface area contributed by atoms with Gasteiger partial charge in [-0.15, -0.1) is 0 Å². The van der Waals surface area contributed by atoms with Crippen LogP contribution >= 0.6 is 0 Å². The van der Waals surface area contributed by atoms with E-state index in [1.807, 2.05) is 0 Å². The van der Waals surface area contributed by atoms with E-state index < -0.39 is 36.6 Å². The van der Waals surface area contributed by atoms with Crippen LogP contribution in [0.5, 0.6) is 0 Å². The molecule has 0 bridgehead atoms. The standard InChI is InChI=1S/C16H9F3N2O5S/c17-16(18,19)27(24,25)15-13(10-6-8-12(9-7-10)21(22)23)20-26-14(15)11-4-2-1-3-5-11/h1-9H. The summed E-state index contributed by atoms with van der Waals surface area (Å²) in [7, 11) is -5.81. The number of hydrogen-bond donors (Lipinski definition) is 0. The van der Waals surface area contributed by atoms with Crippen LogP contribution in [0.4, 0.5) is 18.9 Å². The van der Waals surface area contributed by atoms with Crippen molar-refractivity contribution in [3.8, 4) is 22.6 Å². The van der Waals surface area contributed by atoms with E-state index in [0.717, 1.165) is 24.3 Å². The van der Waals surface area contributed by atoms with E-state index in [0.29, 0.717) is 0 Å². The van der Waals surface area contributed by atoms with Crippen LogP contribution in [0.2, 0.25) is 0 Å². The lowest BCUT2D eigenvalue weighted by molar-refractivity contribution is -0.384. The van der Waals surface area contributed by atoms with Crippen molar-refractivity contribution < 1.29 is 31.0 Å². The van der Waals surface area contributed by atoms with Crippen molar-refractivity contribution in [2.45, 2.75) is 10.4 Å². The minimum atomic E-state index is -5.81. The maximum Gasteiger partial charge on any atom is 0.502 e. The van der Waals surface area contributed by atoms with Crippen LogP contribution < -0.4 is 0 Å². The van der Waals surface area contributed by atoms with Crippen LogP contribution in [0.3, 0.4) is 0 Å². The number of rotatable bonds is 4. The highest BCUT2D eigenvalue weighted by Gasteiger charge is 2.51. The molecule has 1 heterocycles. The third-order valence-corrected chi connectivity index (χ3v) is 5.14. The molecule has 0 aliphatic carbocycles. The fourth-order valence-electron chi connectivity index (χ4n) is 2.34. The first-order valence-electron chi connectivity index (χ1n) is 7.24.